The number of phenols is 1. The summed E-state index contributed by atoms with van der Waals surface area (Å²) in [7, 11) is 1.32. The van der Waals surface area contributed by atoms with Crippen LogP contribution in [0.5, 0.6) is 11.5 Å². The maximum absolute atomic E-state index is 10.8. The van der Waals surface area contributed by atoms with Gasteiger partial charge in [0.05, 0.1) is 7.11 Å². The number of aromatic hydroxyl groups is 1. The van der Waals surface area contributed by atoms with E-state index < -0.39 is 12.0 Å². The molecule has 0 amide bonds. The van der Waals surface area contributed by atoms with Gasteiger partial charge in [0.25, 0.3) is 0 Å². The Balaban J connectivity index is 3.50. The van der Waals surface area contributed by atoms with Crippen molar-refractivity contribution >= 4 is 17.6 Å². The number of rotatable bonds is 3. The van der Waals surface area contributed by atoms with E-state index in [4.69, 9.17) is 27.2 Å². The molecular formula is C10H12ClNO4. The zero-order valence-corrected chi connectivity index (χ0v) is 9.58. The van der Waals surface area contributed by atoms with Crippen LogP contribution in [0.2, 0.25) is 5.02 Å². The molecule has 0 saturated carbocycles. The molecule has 0 aliphatic carbocycles. The first-order valence-corrected chi connectivity index (χ1v) is 4.82. The Morgan fingerprint density at radius 1 is 1.62 bits per heavy atom. The monoisotopic (exact) mass is 245 g/mol. The lowest BCUT2D eigenvalue weighted by Crippen LogP contribution is -2.22. The Hall–Kier alpha value is -1.46. The van der Waals surface area contributed by atoms with Crippen LogP contribution in [0.25, 0.3) is 0 Å². The zero-order valence-electron chi connectivity index (χ0n) is 8.82. The maximum Gasteiger partial charge on any atom is 0.325 e. The fourth-order valence-corrected chi connectivity index (χ4v) is 1.65. The predicted molar refractivity (Wildman–Crippen MR) is 59.0 cm³/mol. The van der Waals surface area contributed by atoms with Gasteiger partial charge < -0.3 is 20.7 Å². The van der Waals surface area contributed by atoms with E-state index in [2.05, 4.69) is 0 Å². The molecule has 0 spiro atoms. The molecule has 1 unspecified atom stereocenters. The summed E-state index contributed by atoms with van der Waals surface area (Å²) in [4.78, 5) is 10.8. The van der Waals surface area contributed by atoms with Crippen molar-refractivity contribution in [3.63, 3.8) is 0 Å². The van der Waals surface area contributed by atoms with Gasteiger partial charge in [-0.05, 0) is 12.5 Å². The summed E-state index contributed by atoms with van der Waals surface area (Å²) in [5.41, 5.74) is 6.16. The summed E-state index contributed by atoms with van der Waals surface area (Å²) in [6.45, 7) is 1.61. The summed E-state index contributed by atoms with van der Waals surface area (Å²) in [5.74, 6) is -1.41. The van der Waals surface area contributed by atoms with E-state index in [-0.39, 0.29) is 22.1 Å². The van der Waals surface area contributed by atoms with Gasteiger partial charge in [-0.15, -0.1) is 0 Å². The molecule has 0 radical (unpaired) electrons. The second-order valence-electron chi connectivity index (χ2n) is 3.27. The number of carboxylic acids is 1. The molecule has 0 aliphatic heterocycles. The van der Waals surface area contributed by atoms with E-state index in [0.717, 1.165) is 0 Å². The molecule has 0 aliphatic rings. The topological polar surface area (TPSA) is 92.8 Å². The number of methoxy groups -OCH3 is 1. The minimum absolute atomic E-state index is 0.0387. The number of ether oxygens (including phenoxy) is 1. The molecule has 4 N–H and O–H groups in total. The molecule has 88 valence electrons. The summed E-state index contributed by atoms with van der Waals surface area (Å²) >= 11 is 5.83. The number of carbonyl (C=O) groups is 1. The molecular weight excluding hydrogens is 234 g/mol. The molecule has 0 aromatic heterocycles. The quantitative estimate of drug-likeness (QED) is 0.749. The van der Waals surface area contributed by atoms with Crippen LogP contribution in [0.4, 0.5) is 0 Å². The van der Waals surface area contributed by atoms with Crippen LogP contribution in [-0.4, -0.2) is 23.3 Å². The van der Waals surface area contributed by atoms with Crippen LogP contribution >= 0.6 is 11.6 Å². The van der Waals surface area contributed by atoms with Gasteiger partial charge in [-0.25, -0.2) is 0 Å². The number of nitrogens with two attached hydrogens (primary N) is 1. The van der Waals surface area contributed by atoms with Gasteiger partial charge in [0.15, 0.2) is 11.5 Å². The number of phenolic OH excluding ortho intramolecular Hbond substituents is 1. The summed E-state index contributed by atoms with van der Waals surface area (Å²) in [6.07, 6.45) is 0. The van der Waals surface area contributed by atoms with Crippen molar-refractivity contribution in [2.24, 2.45) is 5.73 Å². The Morgan fingerprint density at radius 2 is 2.19 bits per heavy atom. The third-order valence-electron chi connectivity index (χ3n) is 2.28. The third kappa shape index (κ3) is 2.05. The van der Waals surface area contributed by atoms with E-state index in [1.165, 1.54) is 13.2 Å². The minimum Gasteiger partial charge on any atom is -0.504 e. The first kappa shape index (κ1) is 12.6. The number of halogens is 1. The van der Waals surface area contributed by atoms with E-state index in [9.17, 15) is 9.90 Å². The molecule has 0 fully saturated rings. The van der Waals surface area contributed by atoms with Crippen LogP contribution in [0.1, 0.15) is 17.2 Å². The highest BCUT2D eigenvalue weighted by Gasteiger charge is 2.25. The highest BCUT2D eigenvalue weighted by atomic mass is 35.5. The smallest absolute Gasteiger partial charge is 0.325 e. The average molecular weight is 246 g/mol. The maximum atomic E-state index is 10.8. The van der Waals surface area contributed by atoms with E-state index in [1.807, 2.05) is 0 Å². The van der Waals surface area contributed by atoms with Gasteiger partial charge in [-0.3, -0.25) is 4.79 Å². The summed E-state index contributed by atoms with van der Waals surface area (Å²) in [6, 6.07) is -0.00657. The Kier molecular flexibility index (Phi) is 3.62. The van der Waals surface area contributed by atoms with Crippen molar-refractivity contribution in [3.8, 4) is 11.5 Å². The Bertz CT molecular complexity index is 433. The lowest BCUT2D eigenvalue weighted by Gasteiger charge is -2.17. The largest absolute Gasteiger partial charge is 0.504 e. The van der Waals surface area contributed by atoms with Gasteiger partial charge in [0.1, 0.15) is 6.04 Å². The van der Waals surface area contributed by atoms with Crippen molar-refractivity contribution in [2.45, 2.75) is 13.0 Å². The first-order valence-electron chi connectivity index (χ1n) is 4.44. The predicted octanol–water partition coefficient (Wildman–Crippen LogP) is 1.45. The summed E-state index contributed by atoms with van der Waals surface area (Å²) in [5, 5.41) is 18.7. The lowest BCUT2D eigenvalue weighted by atomic mass is 10.00. The minimum atomic E-state index is -1.29. The van der Waals surface area contributed by atoms with E-state index in [1.54, 1.807) is 6.92 Å². The van der Waals surface area contributed by atoms with Gasteiger partial charge in [-0.1, -0.05) is 11.6 Å². The highest BCUT2D eigenvalue weighted by Crippen LogP contribution is 2.39. The van der Waals surface area contributed by atoms with Crippen molar-refractivity contribution < 1.29 is 19.7 Å². The molecule has 0 heterocycles. The average Bonchev–Trinajstić information content (AvgIpc) is 2.21. The zero-order chi connectivity index (χ0) is 12.5. The van der Waals surface area contributed by atoms with E-state index in [0.29, 0.717) is 5.56 Å². The van der Waals surface area contributed by atoms with Gasteiger partial charge in [-0.2, -0.15) is 0 Å². The van der Waals surface area contributed by atoms with Gasteiger partial charge >= 0.3 is 5.97 Å². The summed E-state index contributed by atoms with van der Waals surface area (Å²) < 4.78 is 4.93. The van der Waals surface area contributed by atoms with Crippen LogP contribution in [0.3, 0.4) is 0 Å². The Labute approximate surface area is 97.4 Å². The molecule has 0 bridgehead atoms. The lowest BCUT2D eigenvalue weighted by molar-refractivity contribution is -0.138. The third-order valence-corrected chi connectivity index (χ3v) is 2.68. The van der Waals surface area contributed by atoms with Gasteiger partial charge in [0.2, 0.25) is 0 Å². The number of benzene rings is 1. The van der Waals surface area contributed by atoms with Crippen molar-refractivity contribution in [1.82, 2.24) is 0 Å². The van der Waals surface area contributed by atoms with Crippen LogP contribution in [0.15, 0.2) is 6.07 Å². The number of carboxylic acid groups (broad SMARTS) is 1. The van der Waals surface area contributed by atoms with Crippen LogP contribution < -0.4 is 10.5 Å². The molecule has 0 saturated heterocycles. The highest BCUT2D eigenvalue weighted by molar-refractivity contribution is 6.31. The SMILES string of the molecule is COc1c(O)cc(Cl)c(C)c1C(N)C(=O)O. The van der Waals surface area contributed by atoms with E-state index >= 15 is 0 Å². The molecule has 1 aromatic rings. The van der Waals surface area contributed by atoms with Crippen LogP contribution in [-0.2, 0) is 4.79 Å². The molecule has 1 rings (SSSR count). The molecule has 16 heavy (non-hydrogen) atoms. The molecule has 1 aromatic carbocycles. The second kappa shape index (κ2) is 4.59. The van der Waals surface area contributed by atoms with Gasteiger partial charge in [0, 0.05) is 16.7 Å². The first-order chi connectivity index (χ1) is 7.40. The van der Waals surface area contributed by atoms with Crippen molar-refractivity contribution in [1.29, 1.82) is 0 Å². The molecule has 5 nitrogen and oxygen atoms in total. The normalized spacial score (nSPS) is 12.2. The number of hydrogen-bond acceptors (Lipinski definition) is 4. The standard InChI is InChI=1S/C10H12ClNO4/c1-4-5(11)3-6(13)9(16-2)7(4)8(12)10(14)15/h3,8,13H,12H2,1-2H3,(H,14,15). The fraction of sp³-hybridized carbons (Fsp3) is 0.300. The van der Waals surface area contributed by atoms with Crippen molar-refractivity contribution in [2.75, 3.05) is 7.11 Å². The fourth-order valence-electron chi connectivity index (χ4n) is 1.44. The van der Waals surface area contributed by atoms with Crippen molar-refractivity contribution in [3.05, 3.63) is 22.2 Å². The molecule has 6 heteroatoms. The van der Waals surface area contributed by atoms with Crippen LogP contribution in [0, 0.1) is 6.92 Å². The second-order valence-corrected chi connectivity index (χ2v) is 3.67. The molecule has 1 atom stereocenters. The Morgan fingerprint density at radius 3 is 2.62 bits per heavy atom. The number of aliphatic carboxylic acids is 1. The number of hydrogen-bond donors (Lipinski definition) is 3.